The second-order valence-corrected chi connectivity index (χ2v) is 9.59. The van der Waals surface area contributed by atoms with Crippen molar-refractivity contribution in [3.05, 3.63) is 29.3 Å². The molecule has 1 fully saturated rings. The van der Waals surface area contributed by atoms with Gasteiger partial charge >= 0.3 is 0 Å². The summed E-state index contributed by atoms with van der Waals surface area (Å²) < 4.78 is 25.3. The standard InChI is InChI=1S/C16H22N2O2S2/c1-18(13-8-4-6-10-15(13)22(2,19)20)11-16-17-12-7-3-5-9-14(12)21-16/h3,5,7,9,13,15H,4,6,8,10-11H2,1-2H3/t13-,15-/m0/s1. The molecule has 2 aromatic rings. The number of para-hydroxylation sites is 1. The first-order valence-corrected chi connectivity index (χ1v) is 10.5. The Morgan fingerprint density at radius 3 is 2.73 bits per heavy atom. The molecular weight excluding hydrogens is 316 g/mol. The fraction of sp³-hybridized carbons (Fsp3) is 0.562. The van der Waals surface area contributed by atoms with E-state index in [1.165, 1.54) is 11.0 Å². The number of fused-ring (bicyclic) bond motifs is 1. The molecule has 2 atom stereocenters. The van der Waals surface area contributed by atoms with Crippen molar-refractivity contribution in [2.45, 2.75) is 43.5 Å². The van der Waals surface area contributed by atoms with E-state index >= 15 is 0 Å². The van der Waals surface area contributed by atoms with Crippen molar-refractivity contribution in [2.75, 3.05) is 13.3 Å². The summed E-state index contributed by atoms with van der Waals surface area (Å²) >= 11 is 1.70. The number of rotatable bonds is 4. The van der Waals surface area contributed by atoms with Crippen molar-refractivity contribution in [2.24, 2.45) is 0 Å². The summed E-state index contributed by atoms with van der Waals surface area (Å²) in [5, 5.41) is 0.821. The van der Waals surface area contributed by atoms with E-state index in [2.05, 4.69) is 16.0 Å². The van der Waals surface area contributed by atoms with Crippen LogP contribution in [0, 0.1) is 0 Å². The highest BCUT2D eigenvalue weighted by Crippen LogP contribution is 2.29. The van der Waals surface area contributed by atoms with Gasteiger partial charge in [0.2, 0.25) is 0 Å². The van der Waals surface area contributed by atoms with Gasteiger partial charge in [0, 0.05) is 12.3 Å². The molecule has 1 aromatic carbocycles. The highest BCUT2D eigenvalue weighted by molar-refractivity contribution is 7.91. The van der Waals surface area contributed by atoms with Gasteiger partial charge in [0.1, 0.15) is 5.01 Å². The van der Waals surface area contributed by atoms with E-state index in [0.717, 1.165) is 42.8 Å². The topological polar surface area (TPSA) is 50.3 Å². The lowest BCUT2D eigenvalue weighted by Gasteiger charge is -2.36. The van der Waals surface area contributed by atoms with Gasteiger partial charge in [-0.15, -0.1) is 11.3 Å². The molecule has 1 aliphatic rings. The molecule has 3 rings (SSSR count). The Morgan fingerprint density at radius 1 is 1.27 bits per heavy atom. The smallest absolute Gasteiger partial charge is 0.151 e. The van der Waals surface area contributed by atoms with Gasteiger partial charge in [-0.05, 0) is 32.0 Å². The Labute approximate surface area is 136 Å². The SMILES string of the molecule is CN(Cc1nc2ccccc2s1)[C@H]1CCCC[C@@H]1S(C)(=O)=O. The first kappa shape index (κ1) is 15.9. The monoisotopic (exact) mass is 338 g/mol. The van der Waals surface area contributed by atoms with Crippen LogP contribution in [0.15, 0.2) is 24.3 Å². The van der Waals surface area contributed by atoms with Crippen molar-refractivity contribution < 1.29 is 8.42 Å². The van der Waals surface area contributed by atoms with Gasteiger partial charge in [-0.2, -0.15) is 0 Å². The van der Waals surface area contributed by atoms with E-state index < -0.39 is 9.84 Å². The third-order valence-electron chi connectivity index (χ3n) is 4.51. The average molecular weight is 338 g/mol. The van der Waals surface area contributed by atoms with Crippen LogP contribution in [0.3, 0.4) is 0 Å². The van der Waals surface area contributed by atoms with Gasteiger partial charge in [-0.3, -0.25) is 4.90 Å². The molecule has 0 saturated heterocycles. The Bertz CT molecular complexity index is 721. The first-order valence-electron chi connectivity index (χ1n) is 7.69. The van der Waals surface area contributed by atoms with Gasteiger partial charge in [0.05, 0.1) is 22.0 Å². The largest absolute Gasteiger partial charge is 0.295 e. The third-order valence-corrected chi connectivity index (χ3v) is 7.18. The number of hydrogen-bond donors (Lipinski definition) is 0. The zero-order valence-electron chi connectivity index (χ0n) is 13.0. The molecule has 0 amide bonds. The van der Waals surface area contributed by atoms with Gasteiger partial charge in [0.15, 0.2) is 9.84 Å². The van der Waals surface area contributed by atoms with Crippen molar-refractivity contribution >= 4 is 31.4 Å². The molecule has 1 saturated carbocycles. The highest BCUT2D eigenvalue weighted by atomic mass is 32.2. The summed E-state index contributed by atoms with van der Waals surface area (Å²) in [6, 6.07) is 8.23. The van der Waals surface area contributed by atoms with Crippen LogP contribution in [0.25, 0.3) is 10.2 Å². The third kappa shape index (κ3) is 3.34. The molecular formula is C16H22N2O2S2. The second-order valence-electron chi connectivity index (χ2n) is 6.21. The molecule has 6 heteroatoms. The predicted octanol–water partition coefficient (Wildman–Crippen LogP) is 3.08. The summed E-state index contributed by atoms with van der Waals surface area (Å²) in [5.74, 6) is 0. The summed E-state index contributed by atoms with van der Waals surface area (Å²) in [5.41, 5.74) is 1.03. The Balaban J connectivity index is 1.78. The molecule has 0 unspecified atom stereocenters. The lowest BCUT2D eigenvalue weighted by molar-refractivity contribution is 0.187. The van der Waals surface area contributed by atoms with Crippen molar-refractivity contribution in [1.82, 2.24) is 9.88 Å². The molecule has 1 aromatic heterocycles. The van der Waals surface area contributed by atoms with Crippen LogP contribution in [0.1, 0.15) is 30.7 Å². The van der Waals surface area contributed by atoms with Crippen LogP contribution in [0.2, 0.25) is 0 Å². The van der Waals surface area contributed by atoms with E-state index in [4.69, 9.17) is 0 Å². The average Bonchev–Trinajstić information content (AvgIpc) is 2.88. The maximum atomic E-state index is 12.1. The fourth-order valence-electron chi connectivity index (χ4n) is 3.40. The van der Waals surface area contributed by atoms with E-state index in [9.17, 15) is 8.42 Å². The summed E-state index contributed by atoms with van der Waals surface area (Å²) in [4.78, 5) is 6.85. The summed E-state index contributed by atoms with van der Waals surface area (Å²) in [6.07, 6.45) is 5.25. The van der Waals surface area contributed by atoms with Crippen LogP contribution >= 0.6 is 11.3 Å². The molecule has 0 aliphatic heterocycles. The molecule has 1 heterocycles. The molecule has 0 radical (unpaired) electrons. The number of thiazole rings is 1. The van der Waals surface area contributed by atoms with Gasteiger partial charge in [-0.1, -0.05) is 25.0 Å². The maximum Gasteiger partial charge on any atom is 0.151 e. The van der Waals surface area contributed by atoms with Gasteiger partial charge < -0.3 is 0 Å². The quantitative estimate of drug-likeness (QED) is 0.859. The Kier molecular flexibility index (Phi) is 4.52. The number of aromatic nitrogens is 1. The van der Waals surface area contributed by atoms with E-state index in [1.54, 1.807) is 11.3 Å². The molecule has 120 valence electrons. The van der Waals surface area contributed by atoms with Crippen LogP contribution < -0.4 is 0 Å². The number of sulfone groups is 1. The minimum atomic E-state index is -3.00. The van der Waals surface area contributed by atoms with Crippen LogP contribution in [0.5, 0.6) is 0 Å². The lowest BCUT2D eigenvalue weighted by Crippen LogP contribution is -2.46. The Hall–Kier alpha value is -0.980. The lowest BCUT2D eigenvalue weighted by atomic mass is 9.94. The normalized spacial score (nSPS) is 23.2. The molecule has 0 spiro atoms. The minimum absolute atomic E-state index is 0.107. The van der Waals surface area contributed by atoms with E-state index in [0.29, 0.717) is 0 Å². The zero-order valence-corrected chi connectivity index (χ0v) is 14.7. The number of benzene rings is 1. The molecule has 4 nitrogen and oxygen atoms in total. The van der Waals surface area contributed by atoms with Crippen molar-refractivity contribution in [1.29, 1.82) is 0 Å². The van der Waals surface area contributed by atoms with Crippen molar-refractivity contribution in [3.8, 4) is 0 Å². The maximum absolute atomic E-state index is 12.1. The van der Waals surface area contributed by atoms with E-state index in [1.807, 2.05) is 25.2 Å². The van der Waals surface area contributed by atoms with E-state index in [-0.39, 0.29) is 11.3 Å². The second kappa shape index (κ2) is 6.26. The first-order chi connectivity index (χ1) is 10.4. The molecule has 0 N–H and O–H groups in total. The summed E-state index contributed by atoms with van der Waals surface area (Å²) in [7, 11) is -0.968. The number of nitrogens with zero attached hydrogens (tertiary/aromatic N) is 2. The molecule has 0 bridgehead atoms. The highest BCUT2D eigenvalue weighted by Gasteiger charge is 2.35. The molecule has 22 heavy (non-hydrogen) atoms. The van der Waals surface area contributed by atoms with Crippen LogP contribution in [0.4, 0.5) is 0 Å². The molecule has 1 aliphatic carbocycles. The zero-order chi connectivity index (χ0) is 15.7. The van der Waals surface area contributed by atoms with Crippen LogP contribution in [-0.2, 0) is 16.4 Å². The van der Waals surface area contributed by atoms with Gasteiger partial charge in [-0.25, -0.2) is 13.4 Å². The summed E-state index contributed by atoms with van der Waals surface area (Å²) in [6.45, 7) is 0.718. The Morgan fingerprint density at radius 2 is 2.00 bits per heavy atom. The minimum Gasteiger partial charge on any atom is -0.295 e. The van der Waals surface area contributed by atoms with Crippen LogP contribution in [-0.4, -0.2) is 42.9 Å². The number of hydrogen-bond acceptors (Lipinski definition) is 5. The van der Waals surface area contributed by atoms with Crippen molar-refractivity contribution in [3.63, 3.8) is 0 Å². The fourth-order valence-corrected chi connectivity index (χ4v) is 5.94. The predicted molar refractivity (Wildman–Crippen MR) is 92.0 cm³/mol. The van der Waals surface area contributed by atoms with Gasteiger partial charge in [0.25, 0.3) is 0 Å².